The minimum absolute atomic E-state index is 0.158. The molecule has 1 atom stereocenters. The van der Waals surface area contributed by atoms with Crippen LogP contribution in [0.2, 0.25) is 0 Å². The Labute approximate surface area is 128 Å². The van der Waals surface area contributed by atoms with E-state index in [2.05, 4.69) is 10.6 Å². The predicted molar refractivity (Wildman–Crippen MR) is 84.5 cm³/mol. The SMILES string of the molecule is CC(C)(C)OC(=O)N(CCNC1CCCNCC1)C1CC1. The van der Waals surface area contributed by atoms with Crippen molar-refractivity contribution in [2.45, 2.75) is 70.6 Å². The van der Waals surface area contributed by atoms with Crippen LogP contribution in [-0.2, 0) is 4.74 Å². The molecule has 0 aromatic carbocycles. The fourth-order valence-corrected chi connectivity index (χ4v) is 2.74. The van der Waals surface area contributed by atoms with E-state index in [1.165, 1.54) is 19.3 Å². The Morgan fingerprint density at radius 2 is 2.00 bits per heavy atom. The zero-order valence-corrected chi connectivity index (χ0v) is 13.8. The molecule has 2 aliphatic rings. The number of carbonyl (C=O) groups excluding carboxylic acids is 1. The normalized spacial score (nSPS) is 23.5. The van der Waals surface area contributed by atoms with Crippen LogP contribution in [0.25, 0.3) is 0 Å². The third-order valence-electron chi connectivity index (χ3n) is 3.98. The van der Waals surface area contributed by atoms with Crippen molar-refractivity contribution in [3.05, 3.63) is 0 Å². The summed E-state index contributed by atoms with van der Waals surface area (Å²) in [5.41, 5.74) is -0.412. The smallest absolute Gasteiger partial charge is 0.410 e. The van der Waals surface area contributed by atoms with Gasteiger partial charge in [0, 0.05) is 25.2 Å². The zero-order chi connectivity index (χ0) is 15.3. The maximum absolute atomic E-state index is 12.2. The van der Waals surface area contributed by atoms with E-state index >= 15 is 0 Å². The van der Waals surface area contributed by atoms with Crippen LogP contribution in [0.1, 0.15) is 52.9 Å². The van der Waals surface area contributed by atoms with Gasteiger partial charge in [0.1, 0.15) is 5.60 Å². The highest BCUT2D eigenvalue weighted by Gasteiger charge is 2.34. The first-order valence-electron chi connectivity index (χ1n) is 8.39. The molecule has 2 fully saturated rings. The number of carbonyl (C=O) groups is 1. The third-order valence-corrected chi connectivity index (χ3v) is 3.98. The van der Waals surface area contributed by atoms with E-state index in [4.69, 9.17) is 4.74 Å². The van der Waals surface area contributed by atoms with Gasteiger partial charge >= 0.3 is 6.09 Å². The van der Waals surface area contributed by atoms with Gasteiger partial charge in [-0.1, -0.05) is 0 Å². The van der Waals surface area contributed by atoms with Gasteiger partial charge in [-0.3, -0.25) is 0 Å². The van der Waals surface area contributed by atoms with Gasteiger partial charge in [0.05, 0.1) is 0 Å². The lowest BCUT2D eigenvalue weighted by atomic mass is 10.1. The van der Waals surface area contributed by atoms with E-state index in [-0.39, 0.29) is 6.09 Å². The van der Waals surface area contributed by atoms with E-state index in [0.29, 0.717) is 12.1 Å². The molecule has 2 rings (SSSR count). The van der Waals surface area contributed by atoms with Gasteiger partial charge in [-0.05, 0) is 66.0 Å². The maximum atomic E-state index is 12.2. The molecule has 1 amide bonds. The van der Waals surface area contributed by atoms with Gasteiger partial charge in [0.2, 0.25) is 0 Å². The van der Waals surface area contributed by atoms with Crippen LogP contribution in [0.3, 0.4) is 0 Å². The summed E-state index contributed by atoms with van der Waals surface area (Å²) in [6, 6.07) is 0.983. The van der Waals surface area contributed by atoms with Gasteiger partial charge in [0.25, 0.3) is 0 Å². The molecule has 5 heteroatoms. The lowest BCUT2D eigenvalue weighted by Crippen LogP contribution is -2.43. The van der Waals surface area contributed by atoms with Crippen LogP contribution in [-0.4, -0.2) is 54.9 Å². The van der Waals surface area contributed by atoms with Crippen molar-refractivity contribution in [1.29, 1.82) is 0 Å². The summed E-state index contributed by atoms with van der Waals surface area (Å²) in [7, 11) is 0. The molecule has 1 unspecified atom stereocenters. The molecular formula is C16H31N3O2. The standard InChI is InChI=1S/C16H31N3O2/c1-16(2,3)21-15(20)19(14-6-7-14)12-11-18-13-5-4-9-17-10-8-13/h13-14,17-18H,4-12H2,1-3H3. The quantitative estimate of drug-likeness (QED) is 0.816. The minimum atomic E-state index is -0.412. The van der Waals surface area contributed by atoms with Gasteiger partial charge in [-0.15, -0.1) is 0 Å². The first-order valence-corrected chi connectivity index (χ1v) is 8.39. The molecule has 0 aromatic rings. The first-order chi connectivity index (χ1) is 9.96. The second kappa shape index (κ2) is 7.45. The Morgan fingerprint density at radius 3 is 2.67 bits per heavy atom. The highest BCUT2D eigenvalue weighted by atomic mass is 16.6. The van der Waals surface area contributed by atoms with Crippen molar-refractivity contribution in [3.8, 4) is 0 Å². The van der Waals surface area contributed by atoms with Crippen molar-refractivity contribution in [2.75, 3.05) is 26.2 Å². The van der Waals surface area contributed by atoms with Crippen LogP contribution in [0.15, 0.2) is 0 Å². The summed E-state index contributed by atoms with van der Waals surface area (Å²) in [5.74, 6) is 0. The molecule has 0 aromatic heterocycles. The number of ether oxygens (including phenoxy) is 1. The summed E-state index contributed by atoms with van der Waals surface area (Å²) in [6.07, 6.45) is 5.71. The molecule has 1 saturated carbocycles. The average Bonchev–Trinajstić information content (AvgIpc) is 3.19. The predicted octanol–water partition coefficient (Wildman–Crippen LogP) is 2.12. The summed E-state index contributed by atoms with van der Waals surface area (Å²) in [5, 5.41) is 7.03. The average molecular weight is 297 g/mol. The zero-order valence-electron chi connectivity index (χ0n) is 13.8. The number of rotatable bonds is 5. The second-order valence-electron chi connectivity index (χ2n) is 7.24. The van der Waals surface area contributed by atoms with Crippen LogP contribution in [0, 0.1) is 0 Å². The van der Waals surface area contributed by atoms with Crippen LogP contribution in [0.5, 0.6) is 0 Å². The van der Waals surface area contributed by atoms with Crippen LogP contribution >= 0.6 is 0 Å². The molecule has 0 spiro atoms. The maximum Gasteiger partial charge on any atom is 0.410 e. The monoisotopic (exact) mass is 297 g/mol. The van der Waals surface area contributed by atoms with Crippen LogP contribution < -0.4 is 10.6 Å². The van der Waals surface area contributed by atoms with Crippen molar-refractivity contribution in [3.63, 3.8) is 0 Å². The molecule has 1 saturated heterocycles. The van der Waals surface area contributed by atoms with Gasteiger partial charge in [-0.25, -0.2) is 4.79 Å². The molecule has 5 nitrogen and oxygen atoms in total. The fraction of sp³-hybridized carbons (Fsp3) is 0.938. The molecule has 2 N–H and O–H groups in total. The van der Waals surface area contributed by atoms with Gasteiger partial charge < -0.3 is 20.3 Å². The summed E-state index contributed by atoms with van der Waals surface area (Å²) < 4.78 is 5.51. The first kappa shape index (κ1) is 16.6. The Morgan fingerprint density at radius 1 is 1.24 bits per heavy atom. The van der Waals surface area contributed by atoms with E-state index in [1.807, 2.05) is 25.7 Å². The number of amides is 1. The minimum Gasteiger partial charge on any atom is -0.444 e. The second-order valence-corrected chi connectivity index (χ2v) is 7.24. The number of nitrogens with zero attached hydrogens (tertiary/aromatic N) is 1. The van der Waals surface area contributed by atoms with E-state index in [1.54, 1.807) is 0 Å². The highest BCUT2D eigenvalue weighted by molar-refractivity contribution is 5.69. The third kappa shape index (κ3) is 6.22. The van der Waals surface area contributed by atoms with Crippen molar-refractivity contribution in [2.24, 2.45) is 0 Å². The summed E-state index contributed by atoms with van der Waals surface area (Å²) in [4.78, 5) is 14.2. The van der Waals surface area contributed by atoms with E-state index in [9.17, 15) is 4.79 Å². The molecule has 1 heterocycles. The largest absolute Gasteiger partial charge is 0.444 e. The Hall–Kier alpha value is -0.810. The topological polar surface area (TPSA) is 53.6 Å². The van der Waals surface area contributed by atoms with Gasteiger partial charge in [0.15, 0.2) is 0 Å². The number of nitrogens with one attached hydrogen (secondary N) is 2. The summed E-state index contributed by atoms with van der Waals surface area (Å²) >= 11 is 0. The summed E-state index contributed by atoms with van der Waals surface area (Å²) in [6.45, 7) is 9.61. The van der Waals surface area contributed by atoms with Crippen LogP contribution in [0.4, 0.5) is 4.79 Å². The fourth-order valence-electron chi connectivity index (χ4n) is 2.74. The van der Waals surface area contributed by atoms with Crippen molar-refractivity contribution >= 4 is 6.09 Å². The molecule has 21 heavy (non-hydrogen) atoms. The molecule has 0 bridgehead atoms. The lowest BCUT2D eigenvalue weighted by Gasteiger charge is -2.28. The van der Waals surface area contributed by atoms with E-state index < -0.39 is 5.60 Å². The molecule has 1 aliphatic heterocycles. The van der Waals surface area contributed by atoms with Gasteiger partial charge in [-0.2, -0.15) is 0 Å². The Kier molecular flexibility index (Phi) is 5.88. The lowest BCUT2D eigenvalue weighted by molar-refractivity contribution is 0.0234. The number of hydrogen-bond donors (Lipinski definition) is 2. The number of hydrogen-bond acceptors (Lipinski definition) is 4. The Balaban J connectivity index is 1.73. The Bertz CT molecular complexity index is 329. The van der Waals surface area contributed by atoms with Crippen molar-refractivity contribution in [1.82, 2.24) is 15.5 Å². The highest BCUT2D eigenvalue weighted by Crippen LogP contribution is 2.28. The molecule has 1 aliphatic carbocycles. The molecule has 122 valence electrons. The van der Waals surface area contributed by atoms with E-state index in [0.717, 1.165) is 39.0 Å². The van der Waals surface area contributed by atoms with Crippen molar-refractivity contribution < 1.29 is 9.53 Å². The molecule has 0 radical (unpaired) electrons. The molecular weight excluding hydrogens is 266 g/mol.